The van der Waals surface area contributed by atoms with Gasteiger partial charge in [-0.25, -0.2) is 0 Å². The van der Waals surface area contributed by atoms with Crippen molar-refractivity contribution in [1.82, 2.24) is 9.13 Å². The molecular formula is C24H25N3O. The molecule has 0 aliphatic rings. The maximum atomic E-state index is 10.8. The first kappa shape index (κ1) is 18.3. The lowest BCUT2D eigenvalue weighted by Crippen LogP contribution is -2.27. The molecule has 4 aromatic rings. The zero-order chi connectivity index (χ0) is 19.7. The van der Waals surface area contributed by atoms with Gasteiger partial charge in [0.1, 0.15) is 0 Å². The highest BCUT2D eigenvalue weighted by atomic mass is 16.3. The molecule has 2 N–H and O–H groups in total. The number of benzene rings is 3. The number of imidazole rings is 1. The van der Waals surface area contributed by atoms with E-state index in [-0.39, 0.29) is 0 Å². The molecular weight excluding hydrogens is 346 g/mol. The second-order valence-electron chi connectivity index (χ2n) is 7.42. The lowest BCUT2D eigenvalue weighted by molar-refractivity contribution is 0.155. The van der Waals surface area contributed by atoms with E-state index in [4.69, 9.17) is 5.41 Å². The predicted molar refractivity (Wildman–Crippen MR) is 112 cm³/mol. The van der Waals surface area contributed by atoms with E-state index in [9.17, 15) is 5.11 Å². The second kappa shape index (κ2) is 7.49. The van der Waals surface area contributed by atoms with Crippen molar-refractivity contribution >= 4 is 11.0 Å². The van der Waals surface area contributed by atoms with E-state index in [0.29, 0.717) is 18.7 Å². The average molecular weight is 371 g/mol. The third-order valence-electron chi connectivity index (χ3n) is 5.22. The van der Waals surface area contributed by atoms with Gasteiger partial charge in [-0.15, -0.1) is 0 Å². The van der Waals surface area contributed by atoms with Crippen LogP contribution in [0.3, 0.4) is 0 Å². The summed E-state index contributed by atoms with van der Waals surface area (Å²) in [6.07, 6.45) is -0.660. The number of aliphatic hydroxyl groups excluding tert-OH is 1. The van der Waals surface area contributed by atoms with Gasteiger partial charge in [-0.05, 0) is 37.1 Å². The fraction of sp³-hybridized carbons (Fsp3) is 0.208. The summed E-state index contributed by atoms with van der Waals surface area (Å²) in [7, 11) is 0. The summed E-state index contributed by atoms with van der Waals surface area (Å²) in [4.78, 5) is 0. The number of nitrogens with one attached hydrogen (secondary N) is 1. The van der Waals surface area contributed by atoms with Gasteiger partial charge >= 0.3 is 0 Å². The Hall–Kier alpha value is -3.11. The first-order chi connectivity index (χ1) is 13.5. The van der Waals surface area contributed by atoms with Crippen LogP contribution in [0.5, 0.6) is 0 Å². The molecule has 0 aliphatic carbocycles. The SMILES string of the molecule is Cc1ccc(Cn2c(=N)n(CC(O)c3cccc(C)c3)c3ccccc32)cc1. The number of hydrogen-bond acceptors (Lipinski definition) is 2. The van der Waals surface area contributed by atoms with E-state index in [2.05, 4.69) is 31.2 Å². The van der Waals surface area contributed by atoms with Gasteiger partial charge in [-0.1, -0.05) is 71.8 Å². The standard InChI is InChI=1S/C24H25N3O/c1-17-10-12-19(13-11-17)15-26-21-8-3-4-9-22(21)27(24(26)25)16-23(28)20-7-5-6-18(2)14-20/h3-14,23,25,28H,15-16H2,1-2H3. The molecule has 0 amide bonds. The highest BCUT2D eigenvalue weighted by molar-refractivity contribution is 5.76. The van der Waals surface area contributed by atoms with Crippen LogP contribution in [-0.2, 0) is 13.1 Å². The number of rotatable bonds is 5. The van der Waals surface area contributed by atoms with Crippen LogP contribution in [0.4, 0.5) is 0 Å². The van der Waals surface area contributed by atoms with Gasteiger partial charge in [0.25, 0.3) is 0 Å². The van der Waals surface area contributed by atoms with Crippen LogP contribution in [-0.4, -0.2) is 14.2 Å². The number of para-hydroxylation sites is 2. The minimum absolute atomic E-state index is 0.351. The molecule has 1 heterocycles. The number of nitrogens with zero attached hydrogens (tertiary/aromatic N) is 2. The molecule has 1 aromatic heterocycles. The molecule has 0 radical (unpaired) electrons. The lowest BCUT2D eigenvalue weighted by atomic mass is 10.1. The van der Waals surface area contributed by atoms with Crippen LogP contribution in [0.1, 0.15) is 28.4 Å². The van der Waals surface area contributed by atoms with Crippen LogP contribution in [0.2, 0.25) is 0 Å². The summed E-state index contributed by atoms with van der Waals surface area (Å²) in [5.41, 5.74) is 6.75. The lowest BCUT2D eigenvalue weighted by Gasteiger charge is -2.13. The van der Waals surface area contributed by atoms with Gasteiger partial charge in [0.05, 0.1) is 30.2 Å². The van der Waals surface area contributed by atoms with E-state index in [1.165, 1.54) is 5.56 Å². The molecule has 0 saturated heterocycles. The van der Waals surface area contributed by atoms with E-state index in [1.807, 2.05) is 64.6 Å². The molecule has 4 nitrogen and oxygen atoms in total. The summed E-state index contributed by atoms with van der Waals surface area (Å²) in [6.45, 7) is 5.08. The van der Waals surface area contributed by atoms with Gasteiger partial charge in [0.15, 0.2) is 0 Å². The summed E-state index contributed by atoms with van der Waals surface area (Å²) in [5.74, 6) is 0. The molecule has 3 aromatic carbocycles. The van der Waals surface area contributed by atoms with Crippen LogP contribution in [0, 0.1) is 19.3 Å². The average Bonchev–Trinajstić information content (AvgIpc) is 2.95. The number of aryl methyl sites for hydroxylation is 2. The van der Waals surface area contributed by atoms with Crippen molar-refractivity contribution in [3.05, 3.63) is 101 Å². The van der Waals surface area contributed by atoms with Gasteiger partial charge in [-0.3, -0.25) is 5.41 Å². The van der Waals surface area contributed by atoms with E-state index in [1.54, 1.807) is 0 Å². The monoisotopic (exact) mass is 371 g/mol. The van der Waals surface area contributed by atoms with Gasteiger partial charge < -0.3 is 14.2 Å². The molecule has 0 fully saturated rings. The van der Waals surface area contributed by atoms with Crippen LogP contribution < -0.4 is 5.62 Å². The van der Waals surface area contributed by atoms with Crippen molar-refractivity contribution in [2.24, 2.45) is 0 Å². The van der Waals surface area contributed by atoms with Crippen molar-refractivity contribution in [3.8, 4) is 0 Å². The Bertz CT molecular complexity index is 1170. The van der Waals surface area contributed by atoms with Crippen molar-refractivity contribution in [3.63, 3.8) is 0 Å². The molecule has 0 aliphatic heterocycles. The van der Waals surface area contributed by atoms with Crippen LogP contribution in [0.15, 0.2) is 72.8 Å². The number of fused-ring (bicyclic) bond motifs is 1. The fourth-order valence-electron chi connectivity index (χ4n) is 3.67. The molecule has 1 atom stereocenters. The number of aromatic nitrogens is 2. The molecule has 142 valence electrons. The quantitative estimate of drug-likeness (QED) is 0.539. The van der Waals surface area contributed by atoms with E-state index in [0.717, 1.165) is 27.7 Å². The van der Waals surface area contributed by atoms with Gasteiger partial charge in [0, 0.05) is 0 Å². The normalized spacial score (nSPS) is 12.4. The van der Waals surface area contributed by atoms with Crippen molar-refractivity contribution in [1.29, 1.82) is 5.41 Å². The zero-order valence-corrected chi connectivity index (χ0v) is 16.3. The highest BCUT2D eigenvalue weighted by Gasteiger charge is 2.15. The number of hydrogen-bond donors (Lipinski definition) is 2. The maximum absolute atomic E-state index is 10.8. The summed E-state index contributed by atoms with van der Waals surface area (Å²) in [6, 6.07) is 24.4. The second-order valence-corrected chi connectivity index (χ2v) is 7.42. The number of aliphatic hydroxyl groups is 1. The predicted octanol–water partition coefficient (Wildman–Crippen LogP) is 4.32. The molecule has 0 spiro atoms. The molecule has 4 rings (SSSR count). The van der Waals surface area contributed by atoms with Crippen molar-refractivity contribution in [2.45, 2.75) is 33.0 Å². The molecule has 1 unspecified atom stereocenters. The Morgan fingerprint density at radius 2 is 1.50 bits per heavy atom. The molecule has 28 heavy (non-hydrogen) atoms. The van der Waals surface area contributed by atoms with Crippen molar-refractivity contribution < 1.29 is 5.11 Å². The highest BCUT2D eigenvalue weighted by Crippen LogP contribution is 2.20. The van der Waals surface area contributed by atoms with Crippen LogP contribution >= 0.6 is 0 Å². The molecule has 4 heteroatoms. The van der Waals surface area contributed by atoms with Gasteiger partial charge in [-0.2, -0.15) is 0 Å². The maximum Gasteiger partial charge on any atom is 0.203 e. The Kier molecular flexibility index (Phi) is 4.88. The minimum atomic E-state index is -0.660. The first-order valence-corrected chi connectivity index (χ1v) is 9.56. The smallest absolute Gasteiger partial charge is 0.203 e. The molecule has 0 saturated carbocycles. The minimum Gasteiger partial charge on any atom is -0.387 e. The third-order valence-corrected chi connectivity index (χ3v) is 5.22. The van der Waals surface area contributed by atoms with Crippen LogP contribution in [0.25, 0.3) is 11.0 Å². The summed E-state index contributed by atoms with van der Waals surface area (Å²) < 4.78 is 3.90. The Labute approximate surface area is 164 Å². The van der Waals surface area contributed by atoms with Crippen molar-refractivity contribution in [2.75, 3.05) is 0 Å². The zero-order valence-electron chi connectivity index (χ0n) is 16.3. The van der Waals surface area contributed by atoms with E-state index >= 15 is 0 Å². The molecule has 0 bridgehead atoms. The Balaban J connectivity index is 1.74. The largest absolute Gasteiger partial charge is 0.387 e. The topological polar surface area (TPSA) is 53.9 Å². The first-order valence-electron chi connectivity index (χ1n) is 9.56. The van der Waals surface area contributed by atoms with E-state index < -0.39 is 6.10 Å². The Morgan fingerprint density at radius 3 is 2.18 bits per heavy atom. The third kappa shape index (κ3) is 3.51. The Morgan fingerprint density at radius 1 is 0.821 bits per heavy atom. The fourth-order valence-corrected chi connectivity index (χ4v) is 3.67. The summed E-state index contributed by atoms with van der Waals surface area (Å²) in [5, 5.41) is 19.6. The van der Waals surface area contributed by atoms with Gasteiger partial charge in [0.2, 0.25) is 5.62 Å². The summed E-state index contributed by atoms with van der Waals surface area (Å²) >= 11 is 0.